The summed E-state index contributed by atoms with van der Waals surface area (Å²) in [7, 11) is 0. The van der Waals surface area contributed by atoms with Gasteiger partial charge in [0, 0.05) is 10.0 Å². The first-order chi connectivity index (χ1) is 9.63. The van der Waals surface area contributed by atoms with Crippen LogP contribution < -0.4 is 11.3 Å². The van der Waals surface area contributed by atoms with E-state index in [2.05, 4.69) is 52.5 Å². The van der Waals surface area contributed by atoms with Crippen LogP contribution in [0.4, 0.5) is 4.39 Å². The smallest absolute Gasteiger partial charge is 0.128 e. The molecule has 0 saturated heterocycles. The molecule has 2 nitrogen and oxygen atoms in total. The molecule has 0 aliphatic heterocycles. The SMILES string of the molecule is CCc1ccc(CC(NN)c2cc(Br)ccc2F)cc1. The van der Waals surface area contributed by atoms with Gasteiger partial charge in [-0.1, -0.05) is 47.1 Å². The molecule has 2 aromatic rings. The fraction of sp³-hybridized carbons (Fsp3) is 0.250. The summed E-state index contributed by atoms with van der Waals surface area (Å²) in [5.74, 6) is 5.35. The molecular weight excluding hydrogens is 319 g/mol. The van der Waals surface area contributed by atoms with Crippen molar-refractivity contribution in [3.8, 4) is 0 Å². The molecule has 0 saturated carbocycles. The van der Waals surface area contributed by atoms with Crippen LogP contribution in [0, 0.1) is 5.82 Å². The number of hydrogen-bond acceptors (Lipinski definition) is 2. The van der Waals surface area contributed by atoms with E-state index in [0.29, 0.717) is 12.0 Å². The molecule has 0 aliphatic carbocycles. The highest BCUT2D eigenvalue weighted by atomic mass is 79.9. The van der Waals surface area contributed by atoms with E-state index in [9.17, 15) is 4.39 Å². The number of hydrazine groups is 1. The zero-order valence-corrected chi connectivity index (χ0v) is 13.0. The van der Waals surface area contributed by atoms with Crippen LogP contribution in [-0.2, 0) is 12.8 Å². The fourth-order valence-corrected chi connectivity index (χ4v) is 2.57. The summed E-state index contributed by atoms with van der Waals surface area (Å²) in [6.07, 6.45) is 1.66. The molecule has 4 heteroatoms. The lowest BCUT2D eigenvalue weighted by atomic mass is 9.98. The van der Waals surface area contributed by atoms with Crippen LogP contribution in [0.3, 0.4) is 0 Å². The van der Waals surface area contributed by atoms with E-state index < -0.39 is 0 Å². The Labute approximate surface area is 127 Å². The molecule has 0 aromatic heterocycles. The molecular formula is C16H18BrFN2. The largest absolute Gasteiger partial charge is 0.271 e. The highest BCUT2D eigenvalue weighted by Gasteiger charge is 2.15. The van der Waals surface area contributed by atoms with Gasteiger partial charge in [0.25, 0.3) is 0 Å². The molecule has 106 valence electrons. The maximum absolute atomic E-state index is 13.9. The van der Waals surface area contributed by atoms with Gasteiger partial charge in [0.05, 0.1) is 6.04 Å². The predicted molar refractivity (Wildman–Crippen MR) is 83.7 cm³/mol. The second kappa shape index (κ2) is 6.97. The minimum Gasteiger partial charge on any atom is -0.271 e. The minimum atomic E-state index is -0.250. The average Bonchev–Trinajstić information content (AvgIpc) is 2.48. The van der Waals surface area contributed by atoms with Gasteiger partial charge in [-0.05, 0) is 42.2 Å². The minimum absolute atomic E-state index is 0.249. The van der Waals surface area contributed by atoms with Crippen molar-refractivity contribution in [2.45, 2.75) is 25.8 Å². The van der Waals surface area contributed by atoms with Gasteiger partial charge in [0.2, 0.25) is 0 Å². The molecule has 0 radical (unpaired) electrons. The number of halogens is 2. The van der Waals surface area contributed by atoms with E-state index in [1.165, 1.54) is 11.6 Å². The molecule has 20 heavy (non-hydrogen) atoms. The highest BCUT2D eigenvalue weighted by Crippen LogP contribution is 2.24. The van der Waals surface area contributed by atoms with E-state index in [-0.39, 0.29) is 11.9 Å². The van der Waals surface area contributed by atoms with E-state index in [0.717, 1.165) is 16.5 Å². The van der Waals surface area contributed by atoms with E-state index in [4.69, 9.17) is 5.84 Å². The molecule has 0 bridgehead atoms. The normalized spacial score (nSPS) is 12.4. The van der Waals surface area contributed by atoms with Crippen LogP contribution in [0.15, 0.2) is 46.9 Å². The topological polar surface area (TPSA) is 38.0 Å². The molecule has 1 unspecified atom stereocenters. The number of nitrogens with two attached hydrogens (primary N) is 1. The Morgan fingerprint density at radius 1 is 1.15 bits per heavy atom. The number of hydrogen-bond donors (Lipinski definition) is 2. The first-order valence-corrected chi connectivity index (χ1v) is 7.42. The maximum atomic E-state index is 13.9. The zero-order chi connectivity index (χ0) is 14.5. The predicted octanol–water partition coefficient (Wildman–Crippen LogP) is 3.90. The van der Waals surface area contributed by atoms with Gasteiger partial charge in [-0.3, -0.25) is 11.3 Å². The van der Waals surface area contributed by atoms with Crippen LogP contribution in [0.5, 0.6) is 0 Å². The summed E-state index contributed by atoms with van der Waals surface area (Å²) < 4.78 is 14.8. The van der Waals surface area contributed by atoms with Crippen LogP contribution in [0.1, 0.15) is 29.7 Å². The Morgan fingerprint density at radius 3 is 2.40 bits per heavy atom. The van der Waals surface area contributed by atoms with Crippen molar-refractivity contribution in [2.24, 2.45) is 5.84 Å². The van der Waals surface area contributed by atoms with Crippen molar-refractivity contribution >= 4 is 15.9 Å². The second-order valence-corrected chi connectivity index (χ2v) is 5.67. The van der Waals surface area contributed by atoms with Gasteiger partial charge in [-0.15, -0.1) is 0 Å². The summed E-state index contributed by atoms with van der Waals surface area (Å²) in [5.41, 5.74) is 5.69. The fourth-order valence-electron chi connectivity index (χ4n) is 2.19. The summed E-state index contributed by atoms with van der Waals surface area (Å²) in [5, 5.41) is 0. The molecule has 2 aromatic carbocycles. The van der Waals surface area contributed by atoms with Crippen molar-refractivity contribution in [1.29, 1.82) is 0 Å². The van der Waals surface area contributed by atoms with E-state index >= 15 is 0 Å². The number of nitrogens with one attached hydrogen (secondary N) is 1. The lowest BCUT2D eigenvalue weighted by Crippen LogP contribution is -2.30. The molecule has 0 heterocycles. The van der Waals surface area contributed by atoms with Crippen molar-refractivity contribution in [1.82, 2.24) is 5.43 Å². The standard InChI is InChI=1S/C16H18BrFN2/c1-2-11-3-5-12(6-4-11)9-16(20-19)14-10-13(17)7-8-15(14)18/h3-8,10,16,20H,2,9,19H2,1H3. The maximum Gasteiger partial charge on any atom is 0.128 e. The lowest BCUT2D eigenvalue weighted by molar-refractivity contribution is 0.510. The van der Waals surface area contributed by atoms with Gasteiger partial charge >= 0.3 is 0 Å². The molecule has 0 amide bonds. The third-order valence-corrected chi connectivity index (χ3v) is 3.90. The third kappa shape index (κ3) is 3.66. The van der Waals surface area contributed by atoms with Gasteiger partial charge in [0.15, 0.2) is 0 Å². The monoisotopic (exact) mass is 336 g/mol. The van der Waals surface area contributed by atoms with Gasteiger partial charge in [-0.25, -0.2) is 4.39 Å². The molecule has 0 fully saturated rings. The van der Waals surface area contributed by atoms with Gasteiger partial charge in [0.1, 0.15) is 5.82 Å². The first-order valence-electron chi connectivity index (χ1n) is 6.63. The van der Waals surface area contributed by atoms with Crippen LogP contribution >= 0.6 is 15.9 Å². The summed E-state index contributed by atoms with van der Waals surface area (Å²) in [6.45, 7) is 2.12. The summed E-state index contributed by atoms with van der Waals surface area (Å²) in [6, 6.07) is 13.0. The van der Waals surface area contributed by atoms with Gasteiger partial charge < -0.3 is 0 Å². The third-order valence-electron chi connectivity index (χ3n) is 3.41. The Hall–Kier alpha value is -1.23. The van der Waals surface area contributed by atoms with Crippen LogP contribution in [0.25, 0.3) is 0 Å². The van der Waals surface area contributed by atoms with Gasteiger partial charge in [-0.2, -0.15) is 0 Å². The quantitative estimate of drug-likeness (QED) is 0.642. The zero-order valence-electron chi connectivity index (χ0n) is 11.4. The molecule has 0 aliphatic rings. The Kier molecular flexibility index (Phi) is 5.29. The lowest BCUT2D eigenvalue weighted by Gasteiger charge is -2.17. The average molecular weight is 337 g/mol. The number of aryl methyl sites for hydroxylation is 1. The summed E-state index contributed by atoms with van der Waals surface area (Å²) in [4.78, 5) is 0. The molecule has 0 spiro atoms. The molecule has 2 rings (SSSR count). The van der Waals surface area contributed by atoms with Crippen molar-refractivity contribution in [2.75, 3.05) is 0 Å². The van der Waals surface area contributed by atoms with E-state index in [1.807, 2.05) is 0 Å². The number of benzene rings is 2. The van der Waals surface area contributed by atoms with Crippen molar-refractivity contribution in [3.05, 3.63) is 69.4 Å². The molecule has 3 N–H and O–H groups in total. The van der Waals surface area contributed by atoms with Crippen molar-refractivity contribution in [3.63, 3.8) is 0 Å². The van der Waals surface area contributed by atoms with Crippen molar-refractivity contribution < 1.29 is 4.39 Å². The second-order valence-electron chi connectivity index (χ2n) is 4.76. The number of rotatable bonds is 5. The molecule has 1 atom stereocenters. The highest BCUT2D eigenvalue weighted by molar-refractivity contribution is 9.10. The van der Waals surface area contributed by atoms with Crippen LogP contribution in [0.2, 0.25) is 0 Å². The Morgan fingerprint density at radius 2 is 1.80 bits per heavy atom. The summed E-state index contributed by atoms with van der Waals surface area (Å²) >= 11 is 3.36. The first kappa shape index (κ1) is 15.2. The van der Waals surface area contributed by atoms with Crippen LogP contribution in [-0.4, -0.2) is 0 Å². The Balaban J connectivity index is 2.21. The Bertz CT molecular complexity index is 569. The van der Waals surface area contributed by atoms with E-state index in [1.54, 1.807) is 12.1 Å².